The highest BCUT2D eigenvalue weighted by molar-refractivity contribution is 7.17. The average Bonchev–Trinajstić information content (AvgIpc) is 2.98. The van der Waals surface area contributed by atoms with Crippen LogP contribution in [-0.4, -0.2) is 29.3 Å². The smallest absolute Gasteiger partial charge is 0.256 e. The maximum absolute atomic E-state index is 12.8. The van der Waals surface area contributed by atoms with Crippen molar-refractivity contribution in [2.45, 2.75) is 59.0 Å². The van der Waals surface area contributed by atoms with Gasteiger partial charge >= 0.3 is 0 Å². The summed E-state index contributed by atoms with van der Waals surface area (Å²) in [4.78, 5) is 28.4. The van der Waals surface area contributed by atoms with Crippen LogP contribution in [-0.2, 0) is 18.4 Å². The average molecular weight is 400 g/mol. The Kier molecular flexibility index (Phi) is 5.64. The van der Waals surface area contributed by atoms with Crippen LogP contribution in [0.25, 0.3) is 0 Å². The highest BCUT2D eigenvalue weighted by atomic mass is 32.1. The van der Waals surface area contributed by atoms with Crippen molar-refractivity contribution in [3.8, 4) is 0 Å². The number of primary amides is 1. The number of benzene rings is 1. The summed E-state index contributed by atoms with van der Waals surface area (Å²) < 4.78 is 0. The number of nitrogens with one attached hydrogen (secondary N) is 1. The molecule has 0 aliphatic carbocycles. The maximum Gasteiger partial charge on any atom is 0.256 e. The molecule has 2 amide bonds. The third-order valence-corrected chi connectivity index (χ3v) is 6.44. The van der Waals surface area contributed by atoms with E-state index < -0.39 is 5.91 Å². The quantitative estimate of drug-likeness (QED) is 0.810. The van der Waals surface area contributed by atoms with Gasteiger partial charge in [-0.15, -0.1) is 11.3 Å². The predicted molar refractivity (Wildman–Crippen MR) is 115 cm³/mol. The Balaban J connectivity index is 1.86. The molecule has 150 valence electrons. The number of anilines is 1. The summed E-state index contributed by atoms with van der Waals surface area (Å²) in [6, 6.07) is 8.04. The highest BCUT2D eigenvalue weighted by Crippen LogP contribution is 2.37. The number of amides is 2. The number of thiophene rings is 1. The largest absolute Gasteiger partial charge is 0.365 e. The zero-order valence-corrected chi connectivity index (χ0v) is 18.1. The highest BCUT2D eigenvalue weighted by Gasteiger charge is 2.28. The summed E-state index contributed by atoms with van der Waals surface area (Å²) in [5.41, 5.74) is 8.90. The van der Waals surface area contributed by atoms with Crippen LogP contribution in [0.2, 0.25) is 0 Å². The zero-order valence-electron chi connectivity index (χ0n) is 17.3. The molecule has 3 N–H and O–H groups in total. The number of nitrogens with zero attached hydrogens (tertiary/aromatic N) is 1. The van der Waals surface area contributed by atoms with Crippen molar-refractivity contribution in [1.82, 2.24) is 4.90 Å². The van der Waals surface area contributed by atoms with Gasteiger partial charge in [-0.2, -0.15) is 0 Å². The van der Waals surface area contributed by atoms with Crippen LogP contribution in [0, 0.1) is 0 Å². The number of rotatable bonds is 4. The molecular weight excluding hydrogens is 370 g/mol. The van der Waals surface area contributed by atoms with Gasteiger partial charge in [-0.05, 0) is 48.9 Å². The molecule has 0 radical (unpaired) electrons. The van der Waals surface area contributed by atoms with Crippen molar-refractivity contribution in [2.24, 2.45) is 5.73 Å². The van der Waals surface area contributed by atoms with Gasteiger partial charge in [-0.25, -0.2) is 0 Å². The van der Waals surface area contributed by atoms with Gasteiger partial charge in [0.1, 0.15) is 5.00 Å². The van der Waals surface area contributed by atoms with Crippen LogP contribution in [0.5, 0.6) is 0 Å². The molecule has 28 heavy (non-hydrogen) atoms. The molecule has 0 spiro atoms. The third kappa shape index (κ3) is 4.13. The van der Waals surface area contributed by atoms with E-state index in [1.165, 1.54) is 16.9 Å². The summed E-state index contributed by atoms with van der Waals surface area (Å²) in [7, 11) is 0. The van der Waals surface area contributed by atoms with E-state index in [2.05, 4.69) is 44.8 Å². The van der Waals surface area contributed by atoms with Gasteiger partial charge in [0.05, 0.1) is 5.56 Å². The second kappa shape index (κ2) is 7.68. The summed E-state index contributed by atoms with van der Waals surface area (Å²) >= 11 is 1.47. The molecule has 1 aromatic carbocycles. The fourth-order valence-corrected chi connectivity index (χ4v) is 4.78. The first-order valence-corrected chi connectivity index (χ1v) is 10.5. The molecular formula is C22H29N3O2S. The third-order valence-electron chi connectivity index (χ3n) is 5.30. The number of carbonyl (C=O) groups excluding carboxylic acids is 2. The lowest BCUT2D eigenvalue weighted by molar-refractivity contribution is 0.0999. The second-order valence-electron chi connectivity index (χ2n) is 8.67. The number of hydrogen-bond acceptors (Lipinski definition) is 4. The minimum absolute atomic E-state index is 0.0310. The Morgan fingerprint density at radius 3 is 2.36 bits per heavy atom. The van der Waals surface area contributed by atoms with Gasteiger partial charge in [0, 0.05) is 29.6 Å². The lowest BCUT2D eigenvalue weighted by Gasteiger charge is -2.30. The topological polar surface area (TPSA) is 75.4 Å². The lowest BCUT2D eigenvalue weighted by Crippen LogP contribution is -2.35. The van der Waals surface area contributed by atoms with E-state index in [1.807, 2.05) is 24.3 Å². The van der Waals surface area contributed by atoms with Crippen LogP contribution in [0.15, 0.2) is 24.3 Å². The lowest BCUT2D eigenvalue weighted by atomic mass is 9.87. The van der Waals surface area contributed by atoms with E-state index in [-0.39, 0.29) is 11.3 Å². The summed E-state index contributed by atoms with van der Waals surface area (Å²) in [6.07, 6.45) is 0.776. The van der Waals surface area contributed by atoms with Crippen molar-refractivity contribution in [3.63, 3.8) is 0 Å². The summed E-state index contributed by atoms with van der Waals surface area (Å²) in [5.74, 6) is -0.698. The number of nitrogens with two attached hydrogens (primary N) is 1. The SMILES string of the molecule is CC(C)N1CCc2c(sc(NC(=O)c3ccc(C(C)(C)C)cc3)c2C(N)=O)C1. The number of carbonyl (C=O) groups is 2. The molecule has 0 fully saturated rings. The van der Waals surface area contributed by atoms with E-state index in [9.17, 15) is 9.59 Å². The molecule has 6 heteroatoms. The van der Waals surface area contributed by atoms with Crippen molar-refractivity contribution in [2.75, 3.05) is 11.9 Å². The van der Waals surface area contributed by atoms with Crippen LogP contribution < -0.4 is 11.1 Å². The fourth-order valence-electron chi connectivity index (χ4n) is 3.51. The molecule has 1 aliphatic rings. The molecule has 0 atom stereocenters. The Bertz CT molecular complexity index is 892. The Labute approximate surface area is 170 Å². The molecule has 0 unspecified atom stereocenters. The van der Waals surface area contributed by atoms with Crippen molar-refractivity contribution >= 4 is 28.2 Å². The van der Waals surface area contributed by atoms with Gasteiger partial charge in [-0.1, -0.05) is 32.9 Å². The number of fused-ring (bicyclic) bond motifs is 1. The number of hydrogen-bond donors (Lipinski definition) is 2. The minimum Gasteiger partial charge on any atom is -0.365 e. The first-order valence-electron chi connectivity index (χ1n) is 9.68. The Morgan fingerprint density at radius 2 is 1.82 bits per heavy atom. The first kappa shape index (κ1) is 20.6. The minimum atomic E-state index is -0.478. The van der Waals surface area contributed by atoms with Crippen LogP contribution in [0.4, 0.5) is 5.00 Å². The monoisotopic (exact) mass is 399 g/mol. The van der Waals surface area contributed by atoms with Gasteiger partial charge in [0.25, 0.3) is 11.8 Å². The standard InChI is InChI=1S/C22H29N3O2S/c1-13(2)25-11-10-16-17(12-25)28-21(18(16)19(23)26)24-20(27)14-6-8-15(9-7-14)22(3,4)5/h6-9,13H,10-12H2,1-5H3,(H2,23,26)(H,24,27). The van der Waals surface area contributed by atoms with Crippen molar-refractivity contribution < 1.29 is 9.59 Å². The predicted octanol–water partition coefficient (Wildman–Crippen LogP) is 4.16. The maximum atomic E-state index is 12.8. The van der Waals surface area contributed by atoms with Crippen LogP contribution in [0.3, 0.4) is 0 Å². The normalized spacial score (nSPS) is 14.8. The van der Waals surface area contributed by atoms with Crippen molar-refractivity contribution in [3.05, 3.63) is 51.4 Å². The van der Waals surface area contributed by atoms with Crippen LogP contribution >= 0.6 is 11.3 Å². The summed E-state index contributed by atoms with van der Waals surface area (Å²) in [6.45, 7) is 12.4. The molecule has 1 aromatic heterocycles. The molecule has 0 saturated carbocycles. The van der Waals surface area contributed by atoms with Gasteiger partial charge in [0.2, 0.25) is 0 Å². The Hall–Kier alpha value is -2.18. The van der Waals surface area contributed by atoms with E-state index in [0.29, 0.717) is 22.2 Å². The molecule has 2 heterocycles. The van der Waals surface area contributed by atoms with E-state index >= 15 is 0 Å². The van der Waals surface area contributed by atoms with Gasteiger partial charge in [0.15, 0.2) is 0 Å². The molecule has 0 bridgehead atoms. The van der Waals surface area contributed by atoms with Crippen molar-refractivity contribution in [1.29, 1.82) is 0 Å². The molecule has 2 aromatic rings. The Morgan fingerprint density at radius 1 is 1.18 bits per heavy atom. The van der Waals surface area contributed by atoms with E-state index in [0.717, 1.165) is 30.0 Å². The fraction of sp³-hybridized carbons (Fsp3) is 0.455. The van der Waals surface area contributed by atoms with Gasteiger partial charge in [-0.3, -0.25) is 14.5 Å². The molecule has 3 rings (SSSR count). The second-order valence-corrected chi connectivity index (χ2v) is 9.77. The van der Waals surface area contributed by atoms with Crippen LogP contribution in [0.1, 0.15) is 71.3 Å². The van der Waals surface area contributed by atoms with E-state index in [1.54, 1.807) is 0 Å². The van der Waals surface area contributed by atoms with E-state index in [4.69, 9.17) is 5.73 Å². The summed E-state index contributed by atoms with van der Waals surface area (Å²) in [5, 5.41) is 3.49. The first-order chi connectivity index (χ1) is 13.1. The molecule has 1 aliphatic heterocycles. The molecule has 0 saturated heterocycles. The van der Waals surface area contributed by atoms with Gasteiger partial charge < -0.3 is 11.1 Å². The zero-order chi connectivity index (χ0) is 20.6. The molecule has 5 nitrogen and oxygen atoms in total.